The molecule has 0 unspecified atom stereocenters. The van der Waals surface area contributed by atoms with Gasteiger partial charge in [-0.1, -0.05) is 24.3 Å². The van der Waals surface area contributed by atoms with Gasteiger partial charge in [-0.05, 0) is 18.3 Å². The van der Waals surface area contributed by atoms with Crippen molar-refractivity contribution in [2.24, 2.45) is 5.73 Å². The summed E-state index contributed by atoms with van der Waals surface area (Å²) in [5.41, 5.74) is 6.83. The second-order valence-corrected chi connectivity index (χ2v) is 3.94. The van der Waals surface area contributed by atoms with E-state index in [2.05, 4.69) is 0 Å². The molecule has 4 heteroatoms. The number of nitrogens with zero attached hydrogens (tertiary/aromatic N) is 1. The first kappa shape index (κ1) is 11.4. The van der Waals surface area contributed by atoms with E-state index in [0.717, 1.165) is 5.57 Å². The maximum absolute atomic E-state index is 13.5. The number of allylic oxidation sites excluding steroid dienone is 2. The average molecular weight is 231 g/mol. The van der Waals surface area contributed by atoms with E-state index >= 15 is 0 Å². The lowest BCUT2D eigenvalue weighted by atomic mass is 10.1. The quantitative estimate of drug-likeness (QED) is 0.617. The number of benzene rings is 1. The van der Waals surface area contributed by atoms with E-state index in [1.54, 1.807) is 18.2 Å². The van der Waals surface area contributed by atoms with Crippen molar-refractivity contribution in [3.05, 3.63) is 59.6 Å². The van der Waals surface area contributed by atoms with Gasteiger partial charge in [0.1, 0.15) is 11.7 Å². The first-order valence-corrected chi connectivity index (χ1v) is 5.36. The van der Waals surface area contributed by atoms with Crippen molar-refractivity contribution in [2.75, 3.05) is 6.54 Å². The lowest BCUT2D eigenvalue weighted by molar-refractivity contribution is 0.391. The third kappa shape index (κ3) is 2.72. The van der Waals surface area contributed by atoms with Crippen LogP contribution in [-0.2, 0) is 6.54 Å². The third-order valence-corrected chi connectivity index (χ3v) is 2.64. The summed E-state index contributed by atoms with van der Waals surface area (Å²) in [6.07, 6.45) is 5.50. The molecule has 0 aliphatic carbocycles. The predicted molar refractivity (Wildman–Crippen MR) is 65.9 cm³/mol. The first-order valence-electron chi connectivity index (χ1n) is 5.36. The van der Waals surface area contributed by atoms with Gasteiger partial charge in [0, 0.05) is 24.2 Å². The van der Waals surface area contributed by atoms with Crippen LogP contribution in [0.15, 0.2) is 48.2 Å². The van der Waals surface area contributed by atoms with Crippen LogP contribution in [0.2, 0.25) is 0 Å². The van der Waals surface area contributed by atoms with Crippen molar-refractivity contribution >= 4 is 5.84 Å². The smallest absolute Gasteiger partial charge is 0.128 e. The monoisotopic (exact) mass is 231 g/mol. The lowest BCUT2D eigenvalue weighted by Crippen LogP contribution is -2.28. The number of nitrogens with one attached hydrogen (secondary N) is 1. The largest absolute Gasteiger partial charge is 0.384 e. The van der Waals surface area contributed by atoms with Crippen LogP contribution in [-0.4, -0.2) is 17.3 Å². The van der Waals surface area contributed by atoms with Crippen molar-refractivity contribution in [1.29, 1.82) is 5.41 Å². The second-order valence-electron chi connectivity index (χ2n) is 3.94. The Morgan fingerprint density at radius 3 is 2.88 bits per heavy atom. The number of hydrogen-bond donors (Lipinski definition) is 2. The fourth-order valence-corrected chi connectivity index (χ4v) is 1.73. The second kappa shape index (κ2) is 4.82. The van der Waals surface area contributed by atoms with Crippen molar-refractivity contribution in [3.63, 3.8) is 0 Å². The minimum Gasteiger partial charge on any atom is -0.384 e. The highest BCUT2D eigenvalue weighted by Crippen LogP contribution is 2.14. The van der Waals surface area contributed by atoms with Crippen LogP contribution < -0.4 is 5.73 Å². The van der Waals surface area contributed by atoms with E-state index in [9.17, 15) is 4.39 Å². The molecule has 3 nitrogen and oxygen atoms in total. The first-order chi connectivity index (χ1) is 8.16. The van der Waals surface area contributed by atoms with Gasteiger partial charge in [-0.25, -0.2) is 4.39 Å². The summed E-state index contributed by atoms with van der Waals surface area (Å²) in [5, 5.41) is 7.38. The number of hydrogen-bond acceptors (Lipinski definition) is 2. The molecule has 0 radical (unpaired) electrons. The molecule has 0 saturated heterocycles. The molecule has 3 N–H and O–H groups in total. The summed E-state index contributed by atoms with van der Waals surface area (Å²) in [5.74, 6) is -0.146. The Labute approximate surface area is 99.6 Å². The summed E-state index contributed by atoms with van der Waals surface area (Å²) in [4.78, 5) is 1.93. The Morgan fingerprint density at radius 2 is 2.18 bits per heavy atom. The molecule has 0 aromatic heterocycles. The van der Waals surface area contributed by atoms with Crippen molar-refractivity contribution < 1.29 is 4.39 Å². The van der Waals surface area contributed by atoms with Gasteiger partial charge in [-0.3, -0.25) is 5.41 Å². The Hall–Kier alpha value is -2.10. The third-order valence-electron chi connectivity index (χ3n) is 2.64. The van der Waals surface area contributed by atoms with Gasteiger partial charge >= 0.3 is 0 Å². The maximum atomic E-state index is 13.5. The van der Waals surface area contributed by atoms with Crippen molar-refractivity contribution in [1.82, 2.24) is 4.90 Å². The minimum absolute atomic E-state index is 0.0629. The fraction of sp³-hybridized carbons (Fsp3) is 0.154. The number of nitrogens with two attached hydrogens (primary N) is 1. The molecule has 2 rings (SSSR count). The summed E-state index contributed by atoms with van der Waals surface area (Å²) in [7, 11) is 0. The highest BCUT2D eigenvalue weighted by atomic mass is 19.1. The molecule has 1 aromatic rings. The Balaban J connectivity index is 2.08. The van der Waals surface area contributed by atoms with Gasteiger partial charge in [0.2, 0.25) is 0 Å². The molecule has 0 saturated carbocycles. The van der Waals surface area contributed by atoms with E-state index in [1.165, 1.54) is 6.07 Å². The number of amidine groups is 1. The van der Waals surface area contributed by atoms with Gasteiger partial charge in [0.15, 0.2) is 0 Å². The number of halogens is 1. The van der Waals surface area contributed by atoms with Crippen LogP contribution >= 0.6 is 0 Å². The molecular weight excluding hydrogens is 217 g/mol. The molecule has 0 spiro atoms. The van der Waals surface area contributed by atoms with E-state index in [1.807, 2.05) is 23.2 Å². The zero-order valence-electron chi connectivity index (χ0n) is 9.36. The fourth-order valence-electron chi connectivity index (χ4n) is 1.73. The summed E-state index contributed by atoms with van der Waals surface area (Å²) < 4.78 is 13.5. The Kier molecular flexibility index (Phi) is 3.23. The zero-order valence-corrected chi connectivity index (χ0v) is 9.36. The molecular formula is C13H14FN3. The molecule has 0 bridgehead atoms. The van der Waals surface area contributed by atoms with Gasteiger partial charge in [0.25, 0.3) is 0 Å². The highest BCUT2D eigenvalue weighted by molar-refractivity contribution is 5.95. The molecule has 0 amide bonds. The van der Waals surface area contributed by atoms with Gasteiger partial charge in [-0.15, -0.1) is 0 Å². The van der Waals surface area contributed by atoms with E-state index in [0.29, 0.717) is 18.7 Å². The van der Waals surface area contributed by atoms with E-state index < -0.39 is 0 Å². The summed E-state index contributed by atoms with van der Waals surface area (Å²) in [6.45, 7) is 1.02. The molecule has 0 atom stereocenters. The number of rotatable bonds is 3. The lowest BCUT2D eigenvalue weighted by Gasteiger charge is -2.24. The van der Waals surface area contributed by atoms with Crippen LogP contribution in [0.5, 0.6) is 0 Å². The van der Waals surface area contributed by atoms with Crippen molar-refractivity contribution in [3.8, 4) is 0 Å². The zero-order chi connectivity index (χ0) is 12.3. The van der Waals surface area contributed by atoms with Crippen LogP contribution in [0, 0.1) is 11.2 Å². The molecule has 1 aromatic carbocycles. The molecule has 1 aliphatic heterocycles. The van der Waals surface area contributed by atoms with Gasteiger partial charge in [-0.2, -0.15) is 0 Å². The molecule has 1 heterocycles. The Morgan fingerprint density at radius 1 is 1.41 bits per heavy atom. The molecule has 17 heavy (non-hydrogen) atoms. The van der Waals surface area contributed by atoms with Gasteiger partial charge < -0.3 is 10.6 Å². The topological polar surface area (TPSA) is 53.1 Å². The standard InChI is InChI=1S/C13H14FN3/c14-12-6-2-1-4-10(12)8-17-7-3-5-11(9-17)13(15)16/h1-7H,8-9H2,(H3,15,16). The highest BCUT2D eigenvalue weighted by Gasteiger charge is 2.11. The average Bonchev–Trinajstić information content (AvgIpc) is 2.32. The molecule has 0 fully saturated rings. The predicted octanol–water partition coefficient (Wildman–Crippen LogP) is 2.02. The van der Waals surface area contributed by atoms with Crippen LogP contribution in [0.3, 0.4) is 0 Å². The normalized spacial score (nSPS) is 14.6. The van der Waals surface area contributed by atoms with Gasteiger partial charge in [0.05, 0.1) is 0 Å². The Bertz CT molecular complexity index is 491. The minimum atomic E-state index is -0.208. The van der Waals surface area contributed by atoms with Crippen LogP contribution in [0.1, 0.15) is 5.56 Å². The van der Waals surface area contributed by atoms with Crippen LogP contribution in [0.25, 0.3) is 0 Å². The van der Waals surface area contributed by atoms with Crippen molar-refractivity contribution in [2.45, 2.75) is 6.54 Å². The summed E-state index contributed by atoms with van der Waals surface area (Å²) in [6, 6.07) is 6.69. The maximum Gasteiger partial charge on any atom is 0.128 e. The van der Waals surface area contributed by atoms with Crippen LogP contribution in [0.4, 0.5) is 4.39 Å². The SMILES string of the molecule is N=C(N)C1=CC=CN(Cc2ccccc2F)C1. The molecule has 88 valence electrons. The van der Waals surface area contributed by atoms with E-state index in [4.69, 9.17) is 11.1 Å². The van der Waals surface area contributed by atoms with E-state index in [-0.39, 0.29) is 11.7 Å². The summed E-state index contributed by atoms with van der Waals surface area (Å²) >= 11 is 0. The molecule has 1 aliphatic rings.